The fraction of sp³-hybridized carbons (Fsp3) is 0.471. The van der Waals surface area contributed by atoms with Crippen LogP contribution >= 0.6 is 0 Å². The molecule has 0 unspecified atom stereocenters. The minimum Gasteiger partial charge on any atom is -0.481 e. The molecule has 0 spiro atoms. The van der Waals surface area contributed by atoms with E-state index < -0.39 is 5.97 Å². The molecule has 124 valence electrons. The number of hydrogen-bond donors (Lipinski definition) is 3. The van der Waals surface area contributed by atoms with Crippen molar-refractivity contribution in [2.75, 3.05) is 6.54 Å². The van der Waals surface area contributed by atoms with Gasteiger partial charge in [-0.1, -0.05) is 13.0 Å². The maximum atomic E-state index is 12.3. The molecule has 0 aliphatic heterocycles. The molecule has 0 saturated heterocycles. The molecule has 1 aliphatic carbocycles. The lowest BCUT2D eigenvalue weighted by atomic mass is 10.1. The number of carboxylic acids is 1. The number of amides is 2. The van der Waals surface area contributed by atoms with Crippen LogP contribution in [0, 0.1) is 5.92 Å². The molecule has 2 amide bonds. The summed E-state index contributed by atoms with van der Waals surface area (Å²) in [7, 11) is 0. The first-order chi connectivity index (χ1) is 11.0. The van der Waals surface area contributed by atoms with Crippen molar-refractivity contribution in [3.63, 3.8) is 0 Å². The van der Waals surface area contributed by atoms with Gasteiger partial charge >= 0.3 is 5.97 Å². The first-order valence-electron chi connectivity index (χ1n) is 7.93. The van der Waals surface area contributed by atoms with Gasteiger partial charge in [-0.25, -0.2) is 0 Å². The second kappa shape index (κ2) is 7.76. The quantitative estimate of drug-likeness (QED) is 0.745. The lowest BCUT2D eigenvalue weighted by Crippen LogP contribution is -2.33. The number of carbonyl (C=O) groups excluding carboxylic acids is 2. The number of carboxylic acid groups (broad SMARTS) is 1. The van der Waals surface area contributed by atoms with Crippen molar-refractivity contribution in [3.8, 4) is 0 Å². The molecular formula is C17H22N2O4. The lowest BCUT2D eigenvalue weighted by Gasteiger charge is -2.13. The zero-order chi connectivity index (χ0) is 16.8. The largest absolute Gasteiger partial charge is 0.481 e. The van der Waals surface area contributed by atoms with Gasteiger partial charge < -0.3 is 15.7 Å². The third-order valence-corrected chi connectivity index (χ3v) is 4.04. The Bertz CT molecular complexity index is 600. The van der Waals surface area contributed by atoms with Crippen LogP contribution in [-0.2, 0) is 4.79 Å². The third kappa shape index (κ3) is 4.55. The second-order valence-electron chi connectivity index (χ2n) is 5.86. The molecule has 2 atom stereocenters. The molecule has 0 radical (unpaired) electrons. The molecule has 0 aromatic heterocycles. The fourth-order valence-electron chi connectivity index (χ4n) is 2.75. The number of aliphatic carboxylic acids is 1. The highest BCUT2D eigenvalue weighted by atomic mass is 16.4. The molecular weight excluding hydrogens is 296 g/mol. The SMILES string of the molecule is CCCNC(=O)c1cccc(C(=O)N[C@@H]2CC[C@H](C(=O)O)C2)c1. The molecule has 1 aliphatic rings. The fourth-order valence-corrected chi connectivity index (χ4v) is 2.75. The average Bonchev–Trinajstić information content (AvgIpc) is 3.01. The number of carbonyl (C=O) groups is 3. The maximum absolute atomic E-state index is 12.3. The summed E-state index contributed by atoms with van der Waals surface area (Å²) >= 11 is 0. The summed E-state index contributed by atoms with van der Waals surface area (Å²) in [5.41, 5.74) is 0.855. The van der Waals surface area contributed by atoms with Gasteiger partial charge in [0.15, 0.2) is 0 Å². The van der Waals surface area contributed by atoms with Crippen LogP contribution in [0.3, 0.4) is 0 Å². The molecule has 2 rings (SSSR count). The van der Waals surface area contributed by atoms with Gasteiger partial charge in [-0.05, 0) is 43.9 Å². The second-order valence-corrected chi connectivity index (χ2v) is 5.86. The third-order valence-electron chi connectivity index (χ3n) is 4.04. The molecule has 1 aromatic rings. The maximum Gasteiger partial charge on any atom is 0.306 e. The highest BCUT2D eigenvalue weighted by molar-refractivity contribution is 5.99. The molecule has 23 heavy (non-hydrogen) atoms. The monoisotopic (exact) mass is 318 g/mol. The number of rotatable bonds is 6. The van der Waals surface area contributed by atoms with Gasteiger partial charge in [0.2, 0.25) is 0 Å². The van der Waals surface area contributed by atoms with E-state index in [1.165, 1.54) is 0 Å². The van der Waals surface area contributed by atoms with Gasteiger partial charge in [-0.2, -0.15) is 0 Å². The van der Waals surface area contributed by atoms with Gasteiger partial charge in [0.1, 0.15) is 0 Å². The molecule has 1 aromatic carbocycles. The predicted molar refractivity (Wildman–Crippen MR) is 85.3 cm³/mol. The van der Waals surface area contributed by atoms with E-state index in [-0.39, 0.29) is 23.8 Å². The van der Waals surface area contributed by atoms with Gasteiger partial charge in [-0.3, -0.25) is 14.4 Å². The lowest BCUT2D eigenvalue weighted by molar-refractivity contribution is -0.141. The van der Waals surface area contributed by atoms with E-state index >= 15 is 0 Å². The Morgan fingerprint density at radius 1 is 1.17 bits per heavy atom. The zero-order valence-corrected chi connectivity index (χ0v) is 13.2. The summed E-state index contributed by atoms with van der Waals surface area (Å²) in [6.45, 7) is 2.56. The zero-order valence-electron chi connectivity index (χ0n) is 13.2. The average molecular weight is 318 g/mol. The smallest absolute Gasteiger partial charge is 0.306 e. The summed E-state index contributed by atoms with van der Waals surface area (Å²) in [5.74, 6) is -1.66. The summed E-state index contributed by atoms with van der Waals surface area (Å²) in [6.07, 6.45) is 2.55. The van der Waals surface area contributed by atoms with Crippen molar-refractivity contribution in [1.29, 1.82) is 0 Å². The van der Waals surface area contributed by atoms with Crippen molar-refractivity contribution in [1.82, 2.24) is 10.6 Å². The Kier molecular flexibility index (Phi) is 5.73. The first-order valence-corrected chi connectivity index (χ1v) is 7.93. The Balaban J connectivity index is 1.97. The van der Waals surface area contributed by atoms with Crippen LogP contribution < -0.4 is 10.6 Å². The van der Waals surface area contributed by atoms with Gasteiger partial charge in [0.25, 0.3) is 11.8 Å². The Labute approximate surface area is 135 Å². The van der Waals surface area contributed by atoms with E-state index in [0.29, 0.717) is 36.9 Å². The molecule has 0 heterocycles. The highest BCUT2D eigenvalue weighted by Gasteiger charge is 2.30. The first kappa shape index (κ1) is 17.0. The normalized spacial score (nSPS) is 20.0. The van der Waals surface area contributed by atoms with Gasteiger partial charge in [0, 0.05) is 23.7 Å². The van der Waals surface area contributed by atoms with E-state index in [4.69, 9.17) is 5.11 Å². The van der Waals surface area contributed by atoms with E-state index in [1.54, 1.807) is 24.3 Å². The topological polar surface area (TPSA) is 95.5 Å². The summed E-state index contributed by atoms with van der Waals surface area (Å²) < 4.78 is 0. The van der Waals surface area contributed by atoms with E-state index in [9.17, 15) is 14.4 Å². The van der Waals surface area contributed by atoms with Crippen molar-refractivity contribution in [2.24, 2.45) is 5.92 Å². The molecule has 0 bridgehead atoms. The summed E-state index contributed by atoms with van der Waals surface area (Å²) in [5, 5.41) is 14.6. The van der Waals surface area contributed by atoms with Crippen molar-refractivity contribution in [2.45, 2.75) is 38.6 Å². The van der Waals surface area contributed by atoms with Gasteiger partial charge in [-0.15, -0.1) is 0 Å². The molecule has 1 fully saturated rings. The minimum absolute atomic E-state index is 0.124. The number of hydrogen-bond acceptors (Lipinski definition) is 3. The van der Waals surface area contributed by atoms with Gasteiger partial charge in [0.05, 0.1) is 5.92 Å². The summed E-state index contributed by atoms with van der Waals surface area (Å²) in [6, 6.07) is 6.42. The van der Waals surface area contributed by atoms with Crippen LogP contribution in [-0.4, -0.2) is 35.5 Å². The van der Waals surface area contributed by atoms with Crippen LogP contribution in [0.25, 0.3) is 0 Å². The van der Waals surface area contributed by atoms with Crippen LogP contribution in [0.1, 0.15) is 53.3 Å². The Morgan fingerprint density at radius 3 is 2.48 bits per heavy atom. The molecule has 6 nitrogen and oxygen atoms in total. The molecule has 6 heteroatoms. The number of nitrogens with one attached hydrogen (secondary N) is 2. The van der Waals surface area contributed by atoms with Crippen LogP contribution in [0.15, 0.2) is 24.3 Å². The van der Waals surface area contributed by atoms with E-state index in [1.807, 2.05) is 6.92 Å². The van der Waals surface area contributed by atoms with E-state index in [0.717, 1.165) is 6.42 Å². The van der Waals surface area contributed by atoms with Crippen molar-refractivity contribution < 1.29 is 19.5 Å². The minimum atomic E-state index is -0.809. The van der Waals surface area contributed by atoms with Crippen LogP contribution in [0.4, 0.5) is 0 Å². The van der Waals surface area contributed by atoms with Crippen molar-refractivity contribution in [3.05, 3.63) is 35.4 Å². The van der Waals surface area contributed by atoms with Crippen molar-refractivity contribution >= 4 is 17.8 Å². The predicted octanol–water partition coefficient (Wildman–Crippen LogP) is 1.81. The Hall–Kier alpha value is -2.37. The molecule has 1 saturated carbocycles. The number of benzene rings is 1. The standard InChI is InChI=1S/C17H22N2O4/c1-2-8-18-15(20)11-4-3-5-12(9-11)16(21)19-14-7-6-13(10-14)17(22)23/h3-5,9,13-14H,2,6-8,10H2,1H3,(H,18,20)(H,19,21)(H,22,23)/t13-,14+/m0/s1. The summed E-state index contributed by atoms with van der Waals surface area (Å²) in [4.78, 5) is 35.2. The molecule has 3 N–H and O–H groups in total. The van der Waals surface area contributed by atoms with Crippen LogP contribution in [0.2, 0.25) is 0 Å². The van der Waals surface area contributed by atoms with E-state index in [2.05, 4.69) is 10.6 Å². The van der Waals surface area contributed by atoms with Crippen LogP contribution in [0.5, 0.6) is 0 Å². The highest BCUT2D eigenvalue weighted by Crippen LogP contribution is 2.25. The Morgan fingerprint density at radius 2 is 1.87 bits per heavy atom.